The third-order valence-electron chi connectivity index (χ3n) is 2.32. The molecule has 0 unspecified atom stereocenters. The van der Waals surface area contributed by atoms with E-state index >= 15 is 0 Å². The van der Waals surface area contributed by atoms with E-state index in [1.54, 1.807) is 0 Å². The maximum absolute atomic E-state index is 12.0. The Morgan fingerprint density at radius 1 is 1.33 bits per heavy atom. The second-order valence-corrected chi connectivity index (χ2v) is 6.23. The first-order valence-electron chi connectivity index (χ1n) is 5.54. The van der Waals surface area contributed by atoms with Crippen molar-refractivity contribution in [3.05, 3.63) is 34.4 Å². The molecule has 0 atom stereocenters. The van der Waals surface area contributed by atoms with Crippen molar-refractivity contribution in [1.82, 2.24) is 5.32 Å². The molecule has 0 spiro atoms. The summed E-state index contributed by atoms with van der Waals surface area (Å²) in [6, 6.07) is 5.57. The molecule has 0 fully saturated rings. The van der Waals surface area contributed by atoms with Gasteiger partial charge in [-0.2, -0.15) is 0 Å². The second-order valence-electron chi connectivity index (χ2n) is 4.15. The molecule has 1 aromatic carbocycles. The third-order valence-corrected chi connectivity index (χ3v) is 4.08. The number of rotatable bonds is 6. The lowest BCUT2D eigenvalue weighted by atomic mass is 10.3. The summed E-state index contributed by atoms with van der Waals surface area (Å²) in [6.45, 7) is 4.07. The largest absolute Gasteiger partial charge is 0.314 e. The number of hydrogen-bond acceptors (Lipinski definition) is 5. The molecule has 0 bridgehead atoms. The summed E-state index contributed by atoms with van der Waals surface area (Å²) in [7, 11) is -3.64. The number of nitro groups is 1. The summed E-state index contributed by atoms with van der Waals surface area (Å²) in [5.74, 6) is -0.157. The van der Waals surface area contributed by atoms with Crippen LogP contribution in [0.4, 0.5) is 5.69 Å². The lowest BCUT2D eigenvalue weighted by Crippen LogP contribution is -2.28. The highest BCUT2D eigenvalue weighted by molar-refractivity contribution is 7.91. The maximum Gasteiger partial charge on any atom is 0.287 e. The molecule has 7 heteroatoms. The lowest BCUT2D eigenvalue weighted by Gasteiger charge is -2.08. The van der Waals surface area contributed by atoms with Crippen LogP contribution in [-0.2, 0) is 9.84 Å². The van der Waals surface area contributed by atoms with E-state index in [0.717, 1.165) is 0 Å². The Morgan fingerprint density at radius 2 is 1.94 bits per heavy atom. The van der Waals surface area contributed by atoms with Gasteiger partial charge in [0.05, 0.1) is 10.7 Å². The fourth-order valence-electron chi connectivity index (χ4n) is 1.46. The van der Waals surface area contributed by atoms with Crippen molar-refractivity contribution in [1.29, 1.82) is 0 Å². The van der Waals surface area contributed by atoms with Gasteiger partial charge in [-0.25, -0.2) is 8.42 Å². The van der Waals surface area contributed by atoms with E-state index < -0.39 is 14.8 Å². The number of hydrogen-bond donors (Lipinski definition) is 1. The fraction of sp³-hybridized carbons (Fsp3) is 0.455. The maximum atomic E-state index is 12.0. The Hall–Kier alpha value is -1.47. The highest BCUT2D eigenvalue weighted by atomic mass is 32.2. The summed E-state index contributed by atoms with van der Waals surface area (Å²) in [5, 5.41) is 13.7. The number of nitrogens with one attached hydrogen (secondary N) is 1. The second kappa shape index (κ2) is 5.92. The Kier molecular flexibility index (Phi) is 4.80. The molecule has 0 aliphatic rings. The van der Waals surface area contributed by atoms with Crippen LogP contribution in [0.5, 0.6) is 0 Å². The summed E-state index contributed by atoms with van der Waals surface area (Å²) in [5.41, 5.74) is -0.373. The highest BCUT2D eigenvalue weighted by Gasteiger charge is 2.24. The van der Waals surface area contributed by atoms with Crippen LogP contribution < -0.4 is 5.32 Å². The molecule has 18 heavy (non-hydrogen) atoms. The monoisotopic (exact) mass is 272 g/mol. The molecule has 0 heterocycles. The molecular weight excluding hydrogens is 256 g/mol. The quantitative estimate of drug-likeness (QED) is 0.624. The van der Waals surface area contributed by atoms with Gasteiger partial charge in [-0.1, -0.05) is 26.0 Å². The van der Waals surface area contributed by atoms with Crippen LogP contribution in [0.1, 0.15) is 13.8 Å². The van der Waals surface area contributed by atoms with Crippen LogP contribution in [0.25, 0.3) is 0 Å². The van der Waals surface area contributed by atoms with E-state index in [1.165, 1.54) is 24.3 Å². The number of benzene rings is 1. The molecule has 1 aromatic rings. The standard InChI is InChI=1S/C11H16N2O4S/c1-9(2)12-7-8-18(16,17)11-6-4-3-5-10(11)13(14)15/h3-6,9,12H,7-8H2,1-2H3. The Balaban J connectivity index is 2.95. The molecule has 1 N–H and O–H groups in total. The fourth-order valence-corrected chi connectivity index (χ4v) is 2.82. The van der Waals surface area contributed by atoms with Crippen molar-refractivity contribution in [3.63, 3.8) is 0 Å². The normalized spacial score (nSPS) is 11.7. The molecule has 0 aliphatic heterocycles. The average molecular weight is 272 g/mol. The first kappa shape index (κ1) is 14.6. The van der Waals surface area contributed by atoms with Crippen molar-refractivity contribution in [2.45, 2.75) is 24.8 Å². The molecule has 0 aromatic heterocycles. The predicted octanol–water partition coefficient (Wildman–Crippen LogP) is 1.37. The first-order chi connectivity index (χ1) is 8.34. The van der Waals surface area contributed by atoms with Crippen molar-refractivity contribution < 1.29 is 13.3 Å². The van der Waals surface area contributed by atoms with Gasteiger partial charge < -0.3 is 5.32 Å². The smallest absolute Gasteiger partial charge is 0.287 e. The van der Waals surface area contributed by atoms with Crippen LogP contribution in [-0.4, -0.2) is 31.7 Å². The van der Waals surface area contributed by atoms with Crippen LogP contribution >= 0.6 is 0 Å². The summed E-state index contributed by atoms with van der Waals surface area (Å²) >= 11 is 0. The van der Waals surface area contributed by atoms with Crippen LogP contribution in [0, 0.1) is 10.1 Å². The van der Waals surface area contributed by atoms with Gasteiger partial charge in [-0.3, -0.25) is 10.1 Å². The van der Waals surface area contributed by atoms with Gasteiger partial charge >= 0.3 is 0 Å². The zero-order valence-electron chi connectivity index (χ0n) is 10.3. The third kappa shape index (κ3) is 3.78. The van der Waals surface area contributed by atoms with Gasteiger partial charge in [0.15, 0.2) is 9.84 Å². The van der Waals surface area contributed by atoms with Gasteiger partial charge in [-0.15, -0.1) is 0 Å². The molecule has 100 valence electrons. The molecule has 1 rings (SSSR count). The minimum absolute atomic E-state index is 0.157. The van der Waals surface area contributed by atoms with Gasteiger partial charge in [-0.05, 0) is 6.07 Å². The molecule has 0 radical (unpaired) electrons. The zero-order chi connectivity index (χ0) is 13.8. The number of nitrogens with zero attached hydrogens (tertiary/aromatic N) is 1. The van der Waals surface area contributed by atoms with Crippen LogP contribution in [0.2, 0.25) is 0 Å². The average Bonchev–Trinajstić information content (AvgIpc) is 2.28. The SMILES string of the molecule is CC(C)NCCS(=O)(=O)c1ccccc1[N+](=O)[O-]. The summed E-state index contributed by atoms with van der Waals surface area (Å²) in [6.07, 6.45) is 0. The number of para-hydroxylation sites is 1. The van der Waals surface area contributed by atoms with E-state index in [-0.39, 0.29) is 28.9 Å². The van der Waals surface area contributed by atoms with Gasteiger partial charge in [0, 0.05) is 18.7 Å². The topological polar surface area (TPSA) is 89.3 Å². The van der Waals surface area contributed by atoms with Crippen molar-refractivity contribution in [3.8, 4) is 0 Å². The van der Waals surface area contributed by atoms with E-state index in [2.05, 4.69) is 5.32 Å². The van der Waals surface area contributed by atoms with E-state index in [1.807, 2.05) is 13.8 Å². The van der Waals surface area contributed by atoms with Crippen molar-refractivity contribution in [2.75, 3.05) is 12.3 Å². The number of nitro benzene ring substituents is 1. The Morgan fingerprint density at radius 3 is 2.50 bits per heavy atom. The molecule has 0 aliphatic carbocycles. The Labute approximate surface area is 106 Å². The first-order valence-corrected chi connectivity index (χ1v) is 7.19. The van der Waals surface area contributed by atoms with E-state index in [4.69, 9.17) is 0 Å². The minimum Gasteiger partial charge on any atom is -0.314 e. The highest BCUT2D eigenvalue weighted by Crippen LogP contribution is 2.23. The zero-order valence-corrected chi connectivity index (χ0v) is 11.1. The van der Waals surface area contributed by atoms with Crippen molar-refractivity contribution >= 4 is 15.5 Å². The van der Waals surface area contributed by atoms with E-state index in [9.17, 15) is 18.5 Å². The molecule has 0 saturated heterocycles. The van der Waals surface area contributed by atoms with Gasteiger partial charge in [0.2, 0.25) is 0 Å². The Bertz CT molecular complexity index is 526. The molecular formula is C11H16N2O4S. The molecule has 0 saturated carbocycles. The molecule has 0 amide bonds. The summed E-state index contributed by atoms with van der Waals surface area (Å²) in [4.78, 5) is 9.88. The molecule has 6 nitrogen and oxygen atoms in total. The van der Waals surface area contributed by atoms with Gasteiger partial charge in [0.25, 0.3) is 5.69 Å². The lowest BCUT2D eigenvalue weighted by molar-refractivity contribution is -0.387. The predicted molar refractivity (Wildman–Crippen MR) is 68.3 cm³/mol. The minimum atomic E-state index is -3.64. The van der Waals surface area contributed by atoms with Crippen LogP contribution in [0.15, 0.2) is 29.2 Å². The summed E-state index contributed by atoms with van der Waals surface area (Å²) < 4.78 is 24.0. The van der Waals surface area contributed by atoms with E-state index in [0.29, 0.717) is 0 Å². The van der Waals surface area contributed by atoms with Gasteiger partial charge in [0.1, 0.15) is 4.90 Å². The van der Waals surface area contributed by atoms with Crippen molar-refractivity contribution in [2.24, 2.45) is 0 Å². The number of sulfone groups is 1. The van der Waals surface area contributed by atoms with Crippen LogP contribution in [0.3, 0.4) is 0 Å².